The van der Waals surface area contributed by atoms with Gasteiger partial charge in [-0.1, -0.05) is 44.2 Å². The van der Waals surface area contributed by atoms with Crippen LogP contribution in [-0.2, 0) is 24.9 Å². The maximum atomic E-state index is 4.04. The van der Waals surface area contributed by atoms with Gasteiger partial charge in [-0.05, 0) is 17.9 Å². The molecule has 0 saturated carbocycles. The molecule has 0 atom stereocenters. The first-order valence-corrected chi connectivity index (χ1v) is 3.51. The molecule has 12 heavy (non-hydrogen) atoms. The van der Waals surface area contributed by atoms with Gasteiger partial charge in [-0.3, -0.25) is 0 Å². The van der Waals surface area contributed by atoms with Crippen molar-refractivity contribution in [2.45, 2.75) is 19.3 Å². The molecular weight excluding hydrogens is 221 g/mol. The molecule has 0 aliphatic rings. The maximum Gasteiger partial charge on any atom is 0 e. The van der Waals surface area contributed by atoms with Crippen LogP contribution in [0.3, 0.4) is 0 Å². The Hall–Kier alpha value is 0.133. The minimum Gasteiger partial charge on any atom is -1.00 e. The predicted octanol–water partition coefficient (Wildman–Crippen LogP) is -0.200. The summed E-state index contributed by atoms with van der Waals surface area (Å²) in [5.41, 5.74) is 1.33. The number of hydrogen-bond donors (Lipinski definition) is 0. The van der Waals surface area contributed by atoms with Crippen molar-refractivity contribution >= 4 is 0 Å². The van der Waals surface area contributed by atoms with Crippen LogP contribution in [0.4, 0.5) is 0 Å². The summed E-state index contributed by atoms with van der Waals surface area (Å²) >= 11 is 0. The fourth-order valence-corrected chi connectivity index (χ4v) is 0.889. The van der Waals surface area contributed by atoms with Crippen LogP contribution in [0.2, 0.25) is 0 Å². The monoisotopic (exact) mass is 232 g/mol. The second kappa shape index (κ2) is 5.72. The second-order valence-electron chi connectivity index (χ2n) is 3.25. The molecule has 0 heterocycles. The Kier molecular flexibility index (Phi) is 6.99. The third-order valence-corrected chi connectivity index (χ3v) is 1.56. The largest absolute Gasteiger partial charge is 1.00 e. The standard InChI is InChI=1S/C10H13.ClH.Zn/c1-10(2,3)9-7-5-4-6-8-9;;/h4-8H,1H2,2-3H3;1H;/p-1. The summed E-state index contributed by atoms with van der Waals surface area (Å²) in [6.07, 6.45) is 0. The Morgan fingerprint density at radius 2 is 1.50 bits per heavy atom. The summed E-state index contributed by atoms with van der Waals surface area (Å²) < 4.78 is 0. The Balaban J connectivity index is 0. The van der Waals surface area contributed by atoms with Crippen molar-refractivity contribution in [3.8, 4) is 0 Å². The normalized spacial score (nSPS) is 9.58. The van der Waals surface area contributed by atoms with Gasteiger partial charge in [0.15, 0.2) is 0 Å². The van der Waals surface area contributed by atoms with Crippen LogP contribution >= 0.6 is 0 Å². The van der Waals surface area contributed by atoms with Gasteiger partial charge in [0.2, 0.25) is 0 Å². The molecule has 0 aliphatic carbocycles. The quantitative estimate of drug-likeness (QED) is 0.590. The van der Waals surface area contributed by atoms with E-state index in [0.717, 1.165) is 0 Å². The summed E-state index contributed by atoms with van der Waals surface area (Å²) in [5, 5.41) is 0. The first-order chi connectivity index (χ1) is 4.61. The van der Waals surface area contributed by atoms with Crippen LogP contribution < -0.4 is 12.4 Å². The van der Waals surface area contributed by atoms with E-state index in [4.69, 9.17) is 0 Å². The minimum atomic E-state index is 0. The summed E-state index contributed by atoms with van der Waals surface area (Å²) in [6.45, 7) is 8.27. The SMILES string of the molecule is [CH2]C(C)(C)c1ccccc1.[Cl-].[Zn]. The van der Waals surface area contributed by atoms with E-state index in [1.165, 1.54) is 5.56 Å². The zero-order valence-electron chi connectivity index (χ0n) is 7.68. The van der Waals surface area contributed by atoms with E-state index in [-0.39, 0.29) is 37.3 Å². The van der Waals surface area contributed by atoms with Crippen molar-refractivity contribution < 1.29 is 31.9 Å². The molecule has 1 aromatic carbocycles. The third-order valence-electron chi connectivity index (χ3n) is 1.56. The van der Waals surface area contributed by atoms with Gasteiger partial charge in [0.25, 0.3) is 0 Å². The van der Waals surface area contributed by atoms with Crippen molar-refractivity contribution in [1.29, 1.82) is 0 Å². The van der Waals surface area contributed by atoms with Crippen LogP contribution in [-0.4, -0.2) is 0 Å². The topological polar surface area (TPSA) is 0 Å². The second-order valence-corrected chi connectivity index (χ2v) is 3.25. The maximum absolute atomic E-state index is 4.04. The number of rotatable bonds is 1. The molecule has 1 rings (SSSR count). The van der Waals surface area contributed by atoms with E-state index >= 15 is 0 Å². The molecule has 63 valence electrons. The van der Waals surface area contributed by atoms with Crippen LogP contribution in [0, 0.1) is 6.92 Å². The fraction of sp³-hybridized carbons (Fsp3) is 0.300. The zero-order valence-corrected chi connectivity index (χ0v) is 11.4. The van der Waals surface area contributed by atoms with Crippen molar-refractivity contribution in [2.75, 3.05) is 0 Å². The molecular formula is C10H13ClZn-. The molecule has 1 aromatic rings. The van der Waals surface area contributed by atoms with Gasteiger partial charge in [-0.15, -0.1) is 0 Å². The van der Waals surface area contributed by atoms with Gasteiger partial charge in [0.1, 0.15) is 0 Å². The van der Waals surface area contributed by atoms with E-state index in [0.29, 0.717) is 0 Å². The molecule has 0 amide bonds. The molecule has 0 bridgehead atoms. The van der Waals surface area contributed by atoms with Gasteiger partial charge < -0.3 is 12.4 Å². The molecule has 0 N–H and O–H groups in total. The van der Waals surface area contributed by atoms with E-state index in [1.54, 1.807) is 0 Å². The molecule has 0 saturated heterocycles. The average molecular weight is 234 g/mol. The van der Waals surface area contributed by atoms with Crippen molar-refractivity contribution in [1.82, 2.24) is 0 Å². The number of hydrogen-bond acceptors (Lipinski definition) is 0. The zero-order chi connectivity index (χ0) is 7.61. The van der Waals surface area contributed by atoms with Gasteiger partial charge in [0.05, 0.1) is 0 Å². The first kappa shape index (κ1) is 14.6. The average Bonchev–Trinajstić information content (AvgIpc) is 1.88. The molecule has 0 aromatic heterocycles. The molecule has 0 spiro atoms. The number of halogens is 1. The molecule has 0 fully saturated rings. The molecule has 0 nitrogen and oxygen atoms in total. The summed E-state index contributed by atoms with van der Waals surface area (Å²) in [4.78, 5) is 0. The Labute approximate surface area is 93.9 Å². The Morgan fingerprint density at radius 3 is 1.75 bits per heavy atom. The van der Waals surface area contributed by atoms with Crippen LogP contribution in [0.5, 0.6) is 0 Å². The first-order valence-electron chi connectivity index (χ1n) is 3.51. The smallest absolute Gasteiger partial charge is 0 e. The van der Waals surface area contributed by atoms with Crippen LogP contribution in [0.1, 0.15) is 19.4 Å². The van der Waals surface area contributed by atoms with E-state index in [9.17, 15) is 0 Å². The summed E-state index contributed by atoms with van der Waals surface area (Å²) in [5.74, 6) is 0. The van der Waals surface area contributed by atoms with E-state index in [1.807, 2.05) is 18.2 Å². The Morgan fingerprint density at radius 1 is 1.08 bits per heavy atom. The van der Waals surface area contributed by atoms with Crippen molar-refractivity contribution in [3.05, 3.63) is 42.8 Å². The van der Waals surface area contributed by atoms with E-state index < -0.39 is 0 Å². The van der Waals surface area contributed by atoms with Gasteiger partial charge in [-0.2, -0.15) is 0 Å². The van der Waals surface area contributed by atoms with Crippen molar-refractivity contribution in [3.63, 3.8) is 0 Å². The predicted molar refractivity (Wildman–Crippen MR) is 44.8 cm³/mol. The summed E-state index contributed by atoms with van der Waals surface area (Å²) in [6, 6.07) is 10.3. The molecule has 2 heteroatoms. The fourth-order valence-electron chi connectivity index (χ4n) is 0.889. The van der Waals surface area contributed by atoms with Gasteiger partial charge >= 0.3 is 0 Å². The van der Waals surface area contributed by atoms with Crippen LogP contribution in [0.15, 0.2) is 30.3 Å². The third kappa shape index (κ3) is 4.23. The van der Waals surface area contributed by atoms with Crippen LogP contribution in [0.25, 0.3) is 0 Å². The van der Waals surface area contributed by atoms with E-state index in [2.05, 4.69) is 32.9 Å². The van der Waals surface area contributed by atoms with Gasteiger partial charge in [-0.25, -0.2) is 0 Å². The molecule has 0 aliphatic heterocycles. The summed E-state index contributed by atoms with van der Waals surface area (Å²) in [7, 11) is 0. The van der Waals surface area contributed by atoms with Gasteiger partial charge in [0, 0.05) is 19.5 Å². The van der Waals surface area contributed by atoms with Crippen molar-refractivity contribution in [2.24, 2.45) is 0 Å². The minimum absolute atomic E-state index is 0. The molecule has 0 unspecified atom stereocenters. The number of benzene rings is 1. The molecule has 1 radical (unpaired) electrons. The Bertz CT molecular complexity index is 201.